The van der Waals surface area contributed by atoms with Crippen LogP contribution in [0.3, 0.4) is 0 Å². The molecule has 0 spiro atoms. The minimum Gasteiger partial charge on any atom is -0.493 e. The number of nitrogens with one attached hydrogen (secondary N) is 1. The van der Waals surface area contributed by atoms with E-state index >= 15 is 0 Å². The summed E-state index contributed by atoms with van der Waals surface area (Å²) < 4.78 is 15.5. The highest BCUT2D eigenvalue weighted by atomic mass is 16.5. The highest BCUT2D eigenvalue weighted by Crippen LogP contribution is 2.29. The molecule has 0 radical (unpaired) electrons. The van der Waals surface area contributed by atoms with Crippen molar-refractivity contribution in [3.63, 3.8) is 0 Å². The van der Waals surface area contributed by atoms with E-state index in [1.54, 1.807) is 13.2 Å². The number of β-amino-alcohol motifs (C(OH)–C–C–N with tert-alkyl or cyclic N) is 1. The van der Waals surface area contributed by atoms with E-state index in [0.717, 1.165) is 5.56 Å². The lowest BCUT2D eigenvalue weighted by Crippen LogP contribution is -2.60. The van der Waals surface area contributed by atoms with Gasteiger partial charge in [-0.1, -0.05) is 6.07 Å². The molecule has 0 aromatic heterocycles. The molecule has 0 saturated carbocycles. The first-order valence-corrected chi connectivity index (χ1v) is 9.21. The van der Waals surface area contributed by atoms with Gasteiger partial charge in [-0.25, -0.2) is 0 Å². The topological polar surface area (TPSA) is 121 Å². The monoisotopic (exact) mass is 398 g/mol. The molecule has 2 rings (SSSR count). The number of nitrogens with zero attached hydrogens (tertiary/aromatic N) is 1. The molecule has 0 aliphatic carbocycles. The van der Waals surface area contributed by atoms with Gasteiger partial charge in [0.2, 0.25) is 5.91 Å². The summed E-state index contributed by atoms with van der Waals surface area (Å²) in [6.45, 7) is 1.42. The lowest BCUT2D eigenvalue weighted by molar-refractivity contribution is -0.134. The highest BCUT2D eigenvalue weighted by Gasteiger charge is 2.40. The molecule has 28 heavy (non-hydrogen) atoms. The largest absolute Gasteiger partial charge is 0.493 e. The Kier molecular flexibility index (Phi) is 8.46. The Hall–Kier alpha value is -1.91. The van der Waals surface area contributed by atoms with E-state index in [9.17, 15) is 15.0 Å². The number of amides is 1. The van der Waals surface area contributed by atoms with Gasteiger partial charge in [-0.3, -0.25) is 9.69 Å². The van der Waals surface area contributed by atoms with E-state index in [-0.39, 0.29) is 38.8 Å². The zero-order valence-electron chi connectivity index (χ0n) is 16.4. The first-order valence-electron chi connectivity index (χ1n) is 9.21. The van der Waals surface area contributed by atoms with Crippen molar-refractivity contribution >= 4 is 5.91 Å². The maximum atomic E-state index is 11.5. The van der Waals surface area contributed by atoms with Gasteiger partial charge in [-0.05, 0) is 24.1 Å². The fourth-order valence-corrected chi connectivity index (χ4v) is 3.15. The Morgan fingerprint density at radius 3 is 2.79 bits per heavy atom. The Labute approximate surface area is 164 Å². The molecule has 2 atom stereocenters. The summed E-state index contributed by atoms with van der Waals surface area (Å²) in [6, 6.07) is 5.53. The third kappa shape index (κ3) is 6.05. The summed E-state index contributed by atoms with van der Waals surface area (Å²) in [5.41, 5.74) is -0.390. The number of methoxy groups -OCH3 is 2. The zero-order chi connectivity index (χ0) is 20.6. The maximum Gasteiger partial charge on any atom is 0.246 e. The quantitative estimate of drug-likeness (QED) is 0.401. The van der Waals surface area contributed by atoms with Crippen LogP contribution in [0.2, 0.25) is 0 Å². The van der Waals surface area contributed by atoms with E-state index in [0.29, 0.717) is 31.0 Å². The minimum absolute atomic E-state index is 0.0189. The molecule has 1 saturated heterocycles. The molecule has 1 amide bonds. The minimum atomic E-state index is -1.36. The van der Waals surface area contributed by atoms with Crippen molar-refractivity contribution in [2.45, 2.75) is 24.7 Å². The molecule has 1 aromatic rings. The van der Waals surface area contributed by atoms with Crippen molar-refractivity contribution in [2.75, 3.05) is 53.7 Å². The predicted molar refractivity (Wildman–Crippen MR) is 101 cm³/mol. The normalized spacial score (nSPS) is 22.7. The number of hydrogen-bond acceptors (Lipinski definition) is 8. The van der Waals surface area contributed by atoms with Crippen molar-refractivity contribution in [3.05, 3.63) is 23.8 Å². The van der Waals surface area contributed by atoms with Crippen molar-refractivity contribution < 1.29 is 34.3 Å². The third-order valence-corrected chi connectivity index (χ3v) is 4.76. The standard InChI is InChI=1S/C19H30N2O7/c1-26-12-18(24)20-13-19(25)5-6-21(11-17(19)23)10-14-3-4-15(28-8-7-22)16(9-14)27-2/h3-4,9,17,22-23,25H,5-8,10-13H2,1-2H3,(H,20,24)/t17-,19-/m1/s1. The van der Waals surface area contributed by atoms with Crippen LogP contribution in [0.15, 0.2) is 18.2 Å². The molecular formula is C19H30N2O7. The van der Waals surface area contributed by atoms with Gasteiger partial charge in [-0.15, -0.1) is 0 Å². The van der Waals surface area contributed by atoms with E-state index in [1.807, 2.05) is 17.0 Å². The molecule has 158 valence electrons. The molecule has 1 aliphatic rings. The number of aliphatic hydroxyl groups is 3. The van der Waals surface area contributed by atoms with Crippen molar-refractivity contribution in [1.82, 2.24) is 10.2 Å². The van der Waals surface area contributed by atoms with Gasteiger partial charge in [0.15, 0.2) is 11.5 Å². The summed E-state index contributed by atoms with van der Waals surface area (Å²) in [5, 5.41) is 32.5. The van der Waals surface area contributed by atoms with E-state index in [1.165, 1.54) is 7.11 Å². The number of aliphatic hydroxyl groups excluding tert-OH is 2. The van der Waals surface area contributed by atoms with Crippen molar-refractivity contribution in [1.29, 1.82) is 0 Å². The number of rotatable bonds is 10. The average Bonchev–Trinajstić information content (AvgIpc) is 2.68. The lowest BCUT2D eigenvalue weighted by atomic mass is 9.88. The second-order valence-electron chi connectivity index (χ2n) is 6.87. The number of carbonyl (C=O) groups is 1. The fraction of sp³-hybridized carbons (Fsp3) is 0.632. The van der Waals surface area contributed by atoms with Crippen LogP contribution >= 0.6 is 0 Å². The number of hydrogen-bond donors (Lipinski definition) is 4. The Balaban J connectivity index is 1.92. The molecular weight excluding hydrogens is 368 g/mol. The van der Waals surface area contributed by atoms with Crippen molar-refractivity contribution in [3.8, 4) is 11.5 Å². The van der Waals surface area contributed by atoms with Crippen LogP contribution < -0.4 is 14.8 Å². The molecule has 9 nitrogen and oxygen atoms in total. The molecule has 1 aliphatic heterocycles. The lowest BCUT2D eigenvalue weighted by Gasteiger charge is -2.42. The molecule has 1 aromatic carbocycles. The van der Waals surface area contributed by atoms with Crippen LogP contribution in [0.25, 0.3) is 0 Å². The van der Waals surface area contributed by atoms with Gasteiger partial charge >= 0.3 is 0 Å². The SMILES string of the molecule is COCC(=O)NC[C@]1(O)CCN(Cc2ccc(OCCO)c(OC)c2)C[C@H]1O. The number of carbonyl (C=O) groups excluding carboxylic acids is 1. The average molecular weight is 398 g/mol. The number of benzene rings is 1. The van der Waals surface area contributed by atoms with Crippen molar-refractivity contribution in [2.24, 2.45) is 0 Å². The van der Waals surface area contributed by atoms with Crippen LogP contribution in [0.1, 0.15) is 12.0 Å². The first kappa shape index (κ1) is 22.4. The van der Waals surface area contributed by atoms with Gasteiger partial charge in [0.05, 0.1) is 19.8 Å². The second kappa shape index (κ2) is 10.6. The summed E-state index contributed by atoms with van der Waals surface area (Å²) in [6.07, 6.45) is -0.658. The number of ether oxygens (including phenoxy) is 3. The smallest absolute Gasteiger partial charge is 0.246 e. The van der Waals surface area contributed by atoms with Gasteiger partial charge in [-0.2, -0.15) is 0 Å². The maximum absolute atomic E-state index is 11.5. The van der Waals surface area contributed by atoms with Crippen LogP contribution in [-0.4, -0.2) is 91.5 Å². The summed E-state index contributed by atoms with van der Waals surface area (Å²) in [5.74, 6) is 0.794. The second-order valence-corrected chi connectivity index (χ2v) is 6.87. The van der Waals surface area contributed by atoms with Gasteiger partial charge in [0, 0.05) is 33.3 Å². The number of piperidine rings is 1. The predicted octanol–water partition coefficient (Wildman–Crippen LogP) is -0.873. The summed E-state index contributed by atoms with van der Waals surface area (Å²) in [4.78, 5) is 13.5. The van der Waals surface area contributed by atoms with Crippen LogP contribution in [-0.2, 0) is 16.1 Å². The molecule has 4 N–H and O–H groups in total. The Morgan fingerprint density at radius 1 is 1.36 bits per heavy atom. The number of likely N-dealkylation sites (tertiary alicyclic amines) is 1. The van der Waals surface area contributed by atoms with E-state index in [4.69, 9.17) is 19.3 Å². The van der Waals surface area contributed by atoms with Crippen LogP contribution in [0.4, 0.5) is 0 Å². The summed E-state index contributed by atoms with van der Waals surface area (Å²) in [7, 11) is 2.97. The van der Waals surface area contributed by atoms with E-state index in [2.05, 4.69) is 5.32 Å². The summed E-state index contributed by atoms with van der Waals surface area (Å²) >= 11 is 0. The molecule has 9 heteroatoms. The zero-order valence-corrected chi connectivity index (χ0v) is 16.4. The van der Waals surface area contributed by atoms with Crippen LogP contribution in [0.5, 0.6) is 11.5 Å². The first-order chi connectivity index (χ1) is 13.4. The van der Waals surface area contributed by atoms with Crippen LogP contribution in [0, 0.1) is 0 Å². The third-order valence-electron chi connectivity index (χ3n) is 4.76. The fourth-order valence-electron chi connectivity index (χ4n) is 3.15. The molecule has 1 heterocycles. The van der Waals surface area contributed by atoms with Gasteiger partial charge < -0.3 is 34.8 Å². The Morgan fingerprint density at radius 2 is 2.14 bits per heavy atom. The van der Waals surface area contributed by atoms with E-state index < -0.39 is 11.7 Å². The van der Waals surface area contributed by atoms with Gasteiger partial charge in [0.25, 0.3) is 0 Å². The van der Waals surface area contributed by atoms with Gasteiger partial charge in [0.1, 0.15) is 18.8 Å². The molecule has 0 unspecified atom stereocenters. The Bertz CT molecular complexity index is 643. The molecule has 0 bridgehead atoms. The highest BCUT2D eigenvalue weighted by molar-refractivity contribution is 5.77. The molecule has 1 fully saturated rings.